The van der Waals surface area contributed by atoms with Gasteiger partial charge in [-0.15, -0.1) is 5.10 Å². The zero-order chi connectivity index (χ0) is 19.6. The summed E-state index contributed by atoms with van der Waals surface area (Å²) in [7, 11) is 0. The molecule has 0 N–H and O–H groups in total. The molecular weight excluding hydrogens is 368 g/mol. The lowest BCUT2D eigenvalue weighted by atomic mass is 10.00. The van der Waals surface area contributed by atoms with E-state index in [0.717, 1.165) is 6.07 Å². The summed E-state index contributed by atoms with van der Waals surface area (Å²) < 4.78 is 60.6. The minimum Gasteiger partial charge on any atom is -0.431 e. The lowest BCUT2D eigenvalue weighted by Gasteiger charge is -2.21. The van der Waals surface area contributed by atoms with Gasteiger partial charge in [-0.25, -0.2) is 4.68 Å². The number of alkyl halides is 4. The van der Waals surface area contributed by atoms with Gasteiger partial charge in [0.1, 0.15) is 0 Å². The van der Waals surface area contributed by atoms with Gasteiger partial charge in [-0.3, -0.25) is 4.98 Å². The van der Waals surface area contributed by atoms with Gasteiger partial charge in [0.05, 0.1) is 23.4 Å². The number of aromatic nitrogens is 4. The second-order valence-electron chi connectivity index (χ2n) is 6.06. The fraction of sp³-hybridized carbons (Fsp3) is 0.353. The van der Waals surface area contributed by atoms with E-state index in [9.17, 15) is 17.6 Å². The molecule has 0 radical (unpaired) electrons. The number of hydrogen-bond donors (Lipinski definition) is 0. The Morgan fingerprint density at radius 1 is 0.963 bits per heavy atom. The number of hydrogen-bond acceptors (Lipinski definition) is 5. The molecule has 6 nitrogen and oxygen atoms in total. The fourth-order valence-corrected chi connectivity index (χ4v) is 2.84. The summed E-state index contributed by atoms with van der Waals surface area (Å²) in [5, 5.41) is 8.23. The predicted octanol–water partition coefficient (Wildman–Crippen LogP) is 4.27. The van der Waals surface area contributed by atoms with Gasteiger partial charge in [-0.2, -0.15) is 17.6 Å². The van der Waals surface area contributed by atoms with Crippen molar-refractivity contribution in [2.75, 3.05) is 0 Å². The number of halogens is 4. The normalized spacial score (nSPS) is 12.9. The molecule has 10 heteroatoms. The highest BCUT2D eigenvalue weighted by Crippen LogP contribution is 2.35. The summed E-state index contributed by atoms with van der Waals surface area (Å²) in [5.41, 5.74) is 0.920. The van der Waals surface area contributed by atoms with Crippen molar-refractivity contribution in [3.8, 4) is 11.5 Å². The zero-order valence-electron chi connectivity index (χ0n) is 14.4. The highest BCUT2D eigenvalue weighted by molar-refractivity contribution is 5.82. The molecule has 0 fully saturated rings. The summed E-state index contributed by atoms with van der Waals surface area (Å²) in [5.74, 6) is -0.886. The van der Waals surface area contributed by atoms with Crippen LogP contribution in [-0.4, -0.2) is 33.2 Å². The van der Waals surface area contributed by atoms with Crippen molar-refractivity contribution < 1.29 is 27.0 Å². The Bertz CT molecular complexity index is 903. The second-order valence-corrected chi connectivity index (χ2v) is 6.06. The summed E-state index contributed by atoms with van der Waals surface area (Å²) in [6.07, 6.45) is 3.24. The van der Waals surface area contributed by atoms with Crippen LogP contribution < -0.4 is 9.47 Å². The van der Waals surface area contributed by atoms with Crippen LogP contribution in [0.15, 0.2) is 36.7 Å². The highest BCUT2D eigenvalue weighted by Gasteiger charge is 2.22. The average Bonchev–Trinajstić information content (AvgIpc) is 3.08. The first kappa shape index (κ1) is 18.9. The molecule has 0 bridgehead atoms. The Morgan fingerprint density at radius 2 is 1.63 bits per heavy atom. The first-order valence-corrected chi connectivity index (χ1v) is 8.05. The molecule has 0 saturated carbocycles. The average molecular weight is 384 g/mol. The number of pyridine rings is 1. The second kappa shape index (κ2) is 7.77. The zero-order valence-corrected chi connectivity index (χ0v) is 14.4. The first-order chi connectivity index (χ1) is 12.8. The molecule has 3 rings (SSSR count). The minimum atomic E-state index is -3.19. The van der Waals surface area contributed by atoms with Crippen LogP contribution in [0, 0.1) is 5.92 Å². The Balaban J connectivity index is 2.08. The summed E-state index contributed by atoms with van der Waals surface area (Å²) in [6, 6.07) is 5.47. The van der Waals surface area contributed by atoms with Crippen molar-refractivity contribution >= 4 is 10.9 Å². The third-order valence-corrected chi connectivity index (χ3v) is 3.87. The van der Waals surface area contributed by atoms with Crippen molar-refractivity contribution in [1.82, 2.24) is 20.0 Å². The Hall–Kier alpha value is -2.91. The maximum absolute atomic E-state index is 12.6. The summed E-state index contributed by atoms with van der Waals surface area (Å²) in [4.78, 5) is 4.48. The molecule has 0 aliphatic heterocycles. The van der Waals surface area contributed by atoms with E-state index < -0.39 is 24.7 Å². The monoisotopic (exact) mass is 384 g/mol. The third-order valence-electron chi connectivity index (χ3n) is 3.87. The van der Waals surface area contributed by atoms with Crippen molar-refractivity contribution in [2.45, 2.75) is 33.1 Å². The van der Waals surface area contributed by atoms with E-state index in [1.807, 2.05) is 13.8 Å². The van der Waals surface area contributed by atoms with Gasteiger partial charge >= 0.3 is 13.2 Å². The van der Waals surface area contributed by atoms with E-state index in [0.29, 0.717) is 16.6 Å². The standard InChI is InChI=1S/C17H16F4N4O2/c1-9(2)15(25-6-5-22-24-25)11-4-3-10-7-13(26-16(18)19)14(27-17(20)21)8-12(10)23-11/h3-9,15-17H,1-2H3. The van der Waals surface area contributed by atoms with Gasteiger partial charge in [0.2, 0.25) is 0 Å². The molecule has 1 unspecified atom stereocenters. The number of ether oxygens (including phenoxy) is 2. The molecule has 0 aliphatic rings. The van der Waals surface area contributed by atoms with Crippen LogP contribution in [-0.2, 0) is 0 Å². The predicted molar refractivity (Wildman–Crippen MR) is 88.0 cm³/mol. The number of nitrogens with zero attached hydrogens (tertiary/aromatic N) is 4. The van der Waals surface area contributed by atoms with Crippen molar-refractivity contribution in [2.24, 2.45) is 5.92 Å². The van der Waals surface area contributed by atoms with E-state index in [4.69, 9.17) is 0 Å². The fourth-order valence-electron chi connectivity index (χ4n) is 2.84. The highest BCUT2D eigenvalue weighted by atomic mass is 19.3. The number of benzene rings is 1. The van der Waals surface area contributed by atoms with Crippen molar-refractivity contribution in [3.63, 3.8) is 0 Å². The number of fused-ring (bicyclic) bond motifs is 1. The van der Waals surface area contributed by atoms with Crippen LogP contribution in [0.5, 0.6) is 11.5 Å². The molecule has 1 aromatic carbocycles. The summed E-state index contributed by atoms with van der Waals surface area (Å²) in [6.45, 7) is -2.41. The van der Waals surface area contributed by atoms with E-state index in [1.165, 1.54) is 6.07 Å². The van der Waals surface area contributed by atoms with Crippen LogP contribution in [0.4, 0.5) is 17.6 Å². The molecule has 2 aromatic heterocycles. The molecule has 144 valence electrons. The van der Waals surface area contributed by atoms with Crippen LogP contribution in [0.3, 0.4) is 0 Å². The van der Waals surface area contributed by atoms with E-state index >= 15 is 0 Å². The first-order valence-electron chi connectivity index (χ1n) is 8.05. The Morgan fingerprint density at radius 3 is 2.19 bits per heavy atom. The van der Waals surface area contributed by atoms with Crippen molar-refractivity contribution in [3.05, 3.63) is 42.4 Å². The molecule has 0 amide bonds. The van der Waals surface area contributed by atoms with Crippen LogP contribution in [0.1, 0.15) is 25.6 Å². The van der Waals surface area contributed by atoms with Gasteiger partial charge in [-0.05, 0) is 18.1 Å². The number of rotatable bonds is 7. The van der Waals surface area contributed by atoms with Gasteiger partial charge in [0.25, 0.3) is 0 Å². The molecule has 0 aliphatic carbocycles. The topological polar surface area (TPSA) is 62.1 Å². The van der Waals surface area contributed by atoms with Gasteiger partial charge < -0.3 is 9.47 Å². The molecule has 1 atom stereocenters. The lowest BCUT2D eigenvalue weighted by molar-refractivity contribution is -0.0690. The van der Waals surface area contributed by atoms with Crippen molar-refractivity contribution in [1.29, 1.82) is 0 Å². The Labute approximate surface area is 151 Å². The molecular formula is C17H16F4N4O2. The molecule has 3 aromatic rings. The van der Waals surface area contributed by atoms with E-state index in [-0.39, 0.29) is 12.0 Å². The molecule has 0 saturated heterocycles. The van der Waals surface area contributed by atoms with Gasteiger partial charge in [-0.1, -0.05) is 25.1 Å². The van der Waals surface area contributed by atoms with Crippen LogP contribution in [0.25, 0.3) is 10.9 Å². The molecule has 0 spiro atoms. The third kappa shape index (κ3) is 4.26. The lowest BCUT2D eigenvalue weighted by Crippen LogP contribution is -2.18. The van der Waals surface area contributed by atoms with Crippen LogP contribution >= 0.6 is 0 Å². The smallest absolute Gasteiger partial charge is 0.387 e. The molecule has 27 heavy (non-hydrogen) atoms. The quantitative estimate of drug-likeness (QED) is 0.569. The van der Waals surface area contributed by atoms with Crippen LogP contribution in [0.2, 0.25) is 0 Å². The Kier molecular flexibility index (Phi) is 5.43. The maximum atomic E-state index is 12.6. The summed E-state index contributed by atoms with van der Waals surface area (Å²) >= 11 is 0. The van der Waals surface area contributed by atoms with E-state index in [1.54, 1.807) is 29.2 Å². The van der Waals surface area contributed by atoms with E-state index in [2.05, 4.69) is 24.8 Å². The SMILES string of the molecule is CC(C)C(c1ccc2cc(OC(F)F)c(OC(F)F)cc2n1)n1ccnn1. The van der Waals surface area contributed by atoms with Gasteiger partial charge in [0, 0.05) is 17.6 Å². The maximum Gasteiger partial charge on any atom is 0.387 e. The van der Waals surface area contributed by atoms with Gasteiger partial charge in [0.15, 0.2) is 11.5 Å². The minimum absolute atomic E-state index is 0.106. The largest absolute Gasteiger partial charge is 0.431 e. The molecule has 2 heterocycles.